The number of halogens is 1. The van der Waals surface area contributed by atoms with Gasteiger partial charge in [-0.2, -0.15) is 9.65 Å². The summed E-state index contributed by atoms with van der Waals surface area (Å²) in [6.45, 7) is 1.73. The highest BCUT2D eigenvalue weighted by Crippen LogP contribution is 2.25. The second kappa shape index (κ2) is 5.72. The van der Waals surface area contributed by atoms with Crippen molar-refractivity contribution >= 4 is 11.7 Å². The lowest BCUT2D eigenvalue weighted by molar-refractivity contribution is -0.387. The van der Waals surface area contributed by atoms with Gasteiger partial charge in [0.15, 0.2) is 0 Å². The van der Waals surface area contributed by atoms with Crippen LogP contribution in [0.25, 0.3) is 0 Å². The van der Waals surface area contributed by atoms with Gasteiger partial charge in [0.1, 0.15) is 11.6 Å². The number of carbonyl (C=O) groups excluding carboxylic acids is 1. The highest BCUT2D eigenvalue weighted by atomic mass is 19.1. The van der Waals surface area contributed by atoms with E-state index in [-0.39, 0.29) is 17.7 Å². The molecule has 0 aromatic heterocycles. The summed E-state index contributed by atoms with van der Waals surface area (Å²) in [6.07, 6.45) is -0.410. The molecule has 94 valence electrons. The molecule has 18 heavy (non-hydrogen) atoms. The molecule has 7 heteroatoms. The summed E-state index contributed by atoms with van der Waals surface area (Å²) in [5.74, 6) is -1.86. The van der Waals surface area contributed by atoms with Crippen molar-refractivity contribution in [1.29, 1.82) is 5.26 Å². The van der Waals surface area contributed by atoms with Crippen LogP contribution in [0.1, 0.15) is 18.1 Å². The number of esters is 1. The maximum Gasteiger partial charge on any atom is 0.322 e. The molecule has 0 saturated carbocycles. The van der Waals surface area contributed by atoms with Crippen LogP contribution >= 0.6 is 0 Å². The average Bonchev–Trinajstić information content (AvgIpc) is 2.31. The Morgan fingerprint density at radius 3 is 2.78 bits per heavy atom. The maximum absolute atomic E-state index is 13.8. The van der Waals surface area contributed by atoms with Gasteiger partial charge in [-0.3, -0.25) is 14.9 Å². The summed E-state index contributed by atoms with van der Waals surface area (Å²) in [4.78, 5) is 20.9. The van der Waals surface area contributed by atoms with E-state index in [0.29, 0.717) is 0 Å². The Bertz CT molecular complexity index is 537. The number of nitro benzene ring substituents is 1. The van der Waals surface area contributed by atoms with E-state index in [0.717, 1.165) is 12.1 Å². The molecule has 6 nitrogen and oxygen atoms in total. The van der Waals surface area contributed by atoms with Crippen molar-refractivity contribution in [2.45, 2.75) is 13.3 Å². The third-order valence-corrected chi connectivity index (χ3v) is 2.14. The largest absolute Gasteiger partial charge is 0.466 e. The Balaban J connectivity index is 3.17. The molecule has 0 radical (unpaired) electrons. The quantitative estimate of drug-likeness (QED) is 0.462. The number of carbonyl (C=O) groups is 1. The first-order valence-electron chi connectivity index (χ1n) is 5.02. The molecular formula is C11H9FN2O4. The number of hydrogen-bond donors (Lipinski definition) is 0. The number of nitro groups is 1. The number of nitriles is 1. The van der Waals surface area contributed by atoms with Crippen LogP contribution in [0.15, 0.2) is 12.1 Å². The predicted molar refractivity (Wildman–Crippen MR) is 58.1 cm³/mol. The fourth-order valence-electron chi connectivity index (χ4n) is 1.38. The summed E-state index contributed by atoms with van der Waals surface area (Å²) in [5.41, 5.74) is -1.47. The SMILES string of the molecule is CCOC(=O)Cc1ccc(C#N)c([N+](=O)[O-])c1F. The molecule has 0 aliphatic rings. The smallest absolute Gasteiger partial charge is 0.322 e. The molecule has 1 aromatic carbocycles. The minimum Gasteiger partial charge on any atom is -0.466 e. The average molecular weight is 252 g/mol. The number of rotatable bonds is 4. The standard InChI is InChI=1S/C11H9FN2O4/c1-2-18-9(15)5-7-3-4-8(6-13)11(10(7)12)14(16)17/h3-4H,2,5H2,1H3. The normalized spacial score (nSPS) is 9.61. The molecule has 0 N–H and O–H groups in total. The van der Waals surface area contributed by atoms with Crippen LogP contribution in [-0.4, -0.2) is 17.5 Å². The first-order chi connectivity index (χ1) is 8.51. The van der Waals surface area contributed by atoms with Crippen LogP contribution in [0.4, 0.5) is 10.1 Å². The van der Waals surface area contributed by atoms with Crippen molar-refractivity contribution in [2.24, 2.45) is 0 Å². The van der Waals surface area contributed by atoms with Crippen molar-refractivity contribution in [3.63, 3.8) is 0 Å². The molecule has 0 amide bonds. The Morgan fingerprint density at radius 1 is 1.61 bits per heavy atom. The van der Waals surface area contributed by atoms with Crippen LogP contribution < -0.4 is 0 Å². The van der Waals surface area contributed by atoms with Gasteiger partial charge in [-0.1, -0.05) is 6.07 Å². The van der Waals surface area contributed by atoms with E-state index in [1.165, 1.54) is 6.07 Å². The summed E-state index contributed by atoms with van der Waals surface area (Å²) >= 11 is 0. The fourth-order valence-corrected chi connectivity index (χ4v) is 1.38. The lowest BCUT2D eigenvalue weighted by Crippen LogP contribution is -2.10. The zero-order valence-corrected chi connectivity index (χ0v) is 9.47. The van der Waals surface area contributed by atoms with Gasteiger partial charge in [-0.15, -0.1) is 0 Å². The third kappa shape index (κ3) is 2.79. The molecule has 1 aromatic rings. The van der Waals surface area contributed by atoms with Gasteiger partial charge < -0.3 is 4.74 Å². The number of benzene rings is 1. The van der Waals surface area contributed by atoms with Gasteiger partial charge >= 0.3 is 11.7 Å². The van der Waals surface area contributed by atoms with Gasteiger partial charge in [0.2, 0.25) is 5.82 Å². The van der Waals surface area contributed by atoms with Crippen molar-refractivity contribution in [2.75, 3.05) is 6.61 Å². The lowest BCUT2D eigenvalue weighted by Gasteiger charge is -2.04. The van der Waals surface area contributed by atoms with E-state index in [2.05, 4.69) is 4.74 Å². The van der Waals surface area contributed by atoms with Crippen molar-refractivity contribution in [1.82, 2.24) is 0 Å². The molecular weight excluding hydrogens is 243 g/mol. The zero-order valence-electron chi connectivity index (χ0n) is 9.47. The summed E-state index contributed by atoms with van der Waals surface area (Å²) in [7, 11) is 0. The van der Waals surface area contributed by atoms with Gasteiger partial charge in [0, 0.05) is 5.56 Å². The van der Waals surface area contributed by atoms with Gasteiger partial charge in [0.05, 0.1) is 18.0 Å². The Labute approximate surface area is 102 Å². The highest BCUT2D eigenvalue weighted by molar-refractivity contribution is 5.73. The molecule has 0 spiro atoms. The Hall–Kier alpha value is -2.49. The van der Waals surface area contributed by atoms with E-state index >= 15 is 0 Å². The topological polar surface area (TPSA) is 93.2 Å². The van der Waals surface area contributed by atoms with Crippen LogP contribution in [0.5, 0.6) is 0 Å². The molecule has 0 unspecified atom stereocenters. The Kier molecular flexibility index (Phi) is 4.32. The second-order valence-corrected chi connectivity index (χ2v) is 3.29. The minimum atomic E-state index is -1.17. The third-order valence-electron chi connectivity index (χ3n) is 2.14. The van der Waals surface area contributed by atoms with Crippen molar-refractivity contribution < 1.29 is 18.8 Å². The van der Waals surface area contributed by atoms with Crippen LogP contribution in [0.2, 0.25) is 0 Å². The van der Waals surface area contributed by atoms with E-state index < -0.39 is 28.8 Å². The van der Waals surface area contributed by atoms with E-state index in [4.69, 9.17) is 5.26 Å². The summed E-state index contributed by atoms with van der Waals surface area (Å²) < 4.78 is 18.4. The lowest BCUT2D eigenvalue weighted by atomic mass is 10.1. The molecule has 0 aliphatic carbocycles. The monoisotopic (exact) mass is 252 g/mol. The number of hydrogen-bond acceptors (Lipinski definition) is 5. The molecule has 0 aliphatic heterocycles. The fraction of sp³-hybridized carbons (Fsp3) is 0.273. The summed E-state index contributed by atoms with van der Waals surface area (Å²) in [5, 5.41) is 19.3. The second-order valence-electron chi connectivity index (χ2n) is 3.29. The van der Waals surface area contributed by atoms with Crippen molar-refractivity contribution in [3.05, 3.63) is 39.2 Å². The van der Waals surface area contributed by atoms with E-state index in [1.807, 2.05) is 0 Å². The first-order valence-corrected chi connectivity index (χ1v) is 5.02. The molecule has 0 saturated heterocycles. The highest BCUT2D eigenvalue weighted by Gasteiger charge is 2.24. The molecule has 0 fully saturated rings. The summed E-state index contributed by atoms with van der Waals surface area (Å²) in [6, 6.07) is 3.80. The molecule has 0 atom stereocenters. The minimum absolute atomic E-state index is 0.138. The Morgan fingerprint density at radius 2 is 2.28 bits per heavy atom. The van der Waals surface area contributed by atoms with Crippen molar-refractivity contribution in [3.8, 4) is 6.07 Å². The van der Waals surface area contributed by atoms with Crippen LogP contribution in [0.3, 0.4) is 0 Å². The van der Waals surface area contributed by atoms with Crippen LogP contribution in [0, 0.1) is 27.3 Å². The number of ether oxygens (including phenoxy) is 1. The first kappa shape index (κ1) is 13.6. The predicted octanol–water partition coefficient (Wildman–Crippen LogP) is 1.71. The van der Waals surface area contributed by atoms with Crippen LogP contribution in [-0.2, 0) is 16.0 Å². The molecule has 0 bridgehead atoms. The zero-order chi connectivity index (χ0) is 13.7. The van der Waals surface area contributed by atoms with E-state index in [9.17, 15) is 19.3 Å². The van der Waals surface area contributed by atoms with Gasteiger partial charge in [0.25, 0.3) is 0 Å². The number of nitrogens with zero attached hydrogens (tertiary/aromatic N) is 2. The maximum atomic E-state index is 13.8. The molecule has 1 rings (SSSR count). The van der Waals surface area contributed by atoms with Gasteiger partial charge in [-0.25, -0.2) is 0 Å². The van der Waals surface area contributed by atoms with Gasteiger partial charge in [-0.05, 0) is 13.0 Å². The molecule has 0 heterocycles. The van der Waals surface area contributed by atoms with E-state index in [1.54, 1.807) is 6.92 Å².